The van der Waals surface area contributed by atoms with Crippen molar-refractivity contribution < 1.29 is 24.1 Å². The van der Waals surface area contributed by atoms with E-state index in [0.29, 0.717) is 12.6 Å². The number of hydrogen-bond donors (Lipinski definition) is 2. The van der Waals surface area contributed by atoms with Crippen LogP contribution in [0.15, 0.2) is 53.5 Å². The molecule has 3 aliphatic heterocycles. The number of nitrogens with zero attached hydrogens (tertiary/aromatic N) is 3. The van der Waals surface area contributed by atoms with Gasteiger partial charge in [0.05, 0.1) is 25.7 Å². The highest BCUT2D eigenvalue weighted by molar-refractivity contribution is 5.78. The van der Waals surface area contributed by atoms with Crippen LogP contribution in [0.25, 0.3) is 0 Å². The van der Waals surface area contributed by atoms with Crippen molar-refractivity contribution >= 4 is 12.1 Å². The van der Waals surface area contributed by atoms with Crippen molar-refractivity contribution in [2.45, 2.75) is 24.2 Å². The van der Waals surface area contributed by atoms with E-state index in [0.717, 1.165) is 22.4 Å². The number of benzene rings is 2. The molecule has 8 heteroatoms. The Morgan fingerprint density at radius 1 is 1.20 bits per heavy atom. The van der Waals surface area contributed by atoms with E-state index in [2.05, 4.69) is 17.1 Å². The molecule has 1 spiro atoms. The van der Waals surface area contributed by atoms with Crippen LogP contribution >= 0.6 is 0 Å². The van der Waals surface area contributed by atoms with Gasteiger partial charge in [-0.05, 0) is 35.2 Å². The Morgan fingerprint density at radius 2 is 1.97 bits per heavy atom. The van der Waals surface area contributed by atoms with E-state index in [9.17, 15) is 19.4 Å². The maximum atomic E-state index is 13.6. The fourth-order valence-corrected chi connectivity index (χ4v) is 4.64. The number of aliphatic imine (C=N–C) groups is 1. The fourth-order valence-electron chi connectivity index (χ4n) is 4.64. The molecule has 1 fully saturated rings. The summed E-state index contributed by atoms with van der Waals surface area (Å²) in [6.07, 6.45) is -1.23. The van der Waals surface area contributed by atoms with Gasteiger partial charge in [-0.2, -0.15) is 0 Å². The van der Waals surface area contributed by atoms with Crippen LogP contribution in [-0.2, 0) is 11.2 Å². The molecule has 1 amide bonds. The van der Waals surface area contributed by atoms with Crippen molar-refractivity contribution in [2.75, 3.05) is 26.2 Å². The Balaban J connectivity index is 1.48. The lowest BCUT2D eigenvalue weighted by molar-refractivity contribution is -0.0178. The van der Waals surface area contributed by atoms with Gasteiger partial charge in [0.25, 0.3) is 6.02 Å². The highest BCUT2D eigenvalue weighted by Crippen LogP contribution is 2.39. The molecule has 2 aromatic rings. The topological polar surface area (TPSA) is 85.6 Å². The van der Waals surface area contributed by atoms with Crippen LogP contribution in [0, 0.1) is 5.82 Å². The van der Waals surface area contributed by atoms with Gasteiger partial charge in [0.2, 0.25) is 0 Å². The van der Waals surface area contributed by atoms with Gasteiger partial charge in [0.15, 0.2) is 5.60 Å². The predicted molar refractivity (Wildman–Crippen MR) is 107 cm³/mol. The lowest BCUT2D eigenvalue weighted by Gasteiger charge is -2.39. The first-order valence-corrected chi connectivity index (χ1v) is 9.96. The molecule has 0 radical (unpaired) electrons. The summed E-state index contributed by atoms with van der Waals surface area (Å²) in [5.41, 5.74) is 2.17. The summed E-state index contributed by atoms with van der Waals surface area (Å²) in [5.74, 6) is -0.300. The molecule has 2 N–H and O–H groups in total. The first-order chi connectivity index (χ1) is 14.5. The van der Waals surface area contributed by atoms with Crippen molar-refractivity contribution in [1.29, 1.82) is 0 Å². The third kappa shape index (κ3) is 2.99. The van der Waals surface area contributed by atoms with Gasteiger partial charge in [-0.15, -0.1) is 0 Å². The highest BCUT2D eigenvalue weighted by atomic mass is 19.1. The molecule has 30 heavy (non-hydrogen) atoms. The minimum Gasteiger partial charge on any atom is -0.465 e. The van der Waals surface area contributed by atoms with Crippen LogP contribution in [0.2, 0.25) is 0 Å². The summed E-state index contributed by atoms with van der Waals surface area (Å²) >= 11 is 0. The fraction of sp³-hybridized carbons (Fsp3) is 0.364. The molecule has 1 saturated heterocycles. The van der Waals surface area contributed by atoms with Crippen molar-refractivity contribution in [3.05, 3.63) is 71.0 Å². The summed E-state index contributed by atoms with van der Waals surface area (Å²) in [5, 5.41) is 19.8. The Labute approximate surface area is 173 Å². The summed E-state index contributed by atoms with van der Waals surface area (Å²) in [7, 11) is 0. The summed E-state index contributed by atoms with van der Waals surface area (Å²) in [6.45, 7) is 0.915. The van der Waals surface area contributed by atoms with Crippen molar-refractivity contribution in [3.8, 4) is 0 Å². The standard InChI is InChI=1S/C22H22FN3O4/c23-16-7-5-15(6-8-16)19-17-4-2-1-3-14(17)9-10-26(19)20-24-12-22(30-20)13-25(21(28)29)11-18(22)27/h1-8,18-19,27H,9-13H2,(H,28,29)/t18-,19-,22-/m0/s1. The van der Waals surface area contributed by atoms with Crippen LogP contribution in [0.3, 0.4) is 0 Å². The molecule has 3 heterocycles. The van der Waals surface area contributed by atoms with E-state index in [4.69, 9.17) is 4.74 Å². The van der Waals surface area contributed by atoms with E-state index in [1.165, 1.54) is 17.7 Å². The minimum atomic E-state index is -1.08. The Bertz CT molecular complexity index is 1010. The number of carbonyl (C=O) groups is 1. The minimum absolute atomic E-state index is 0.00234. The SMILES string of the molecule is O=C(O)N1C[C@H](O)[C@]2(CN=C(N3CCc4ccccc4[C@@H]3c3ccc(F)cc3)O2)C1. The monoisotopic (exact) mass is 411 g/mol. The van der Waals surface area contributed by atoms with Gasteiger partial charge >= 0.3 is 6.09 Å². The summed E-state index contributed by atoms with van der Waals surface area (Å²) in [6, 6.07) is 14.7. The first-order valence-electron chi connectivity index (χ1n) is 9.96. The molecular weight excluding hydrogens is 389 g/mol. The lowest BCUT2D eigenvalue weighted by Crippen LogP contribution is -2.49. The molecule has 156 valence electrons. The molecule has 3 atom stereocenters. The Hall–Kier alpha value is -3.13. The molecule has 3 aliphatic rings. The second-order valence-corrected chi connectivity index (χ2v) is 8.04. The third-order valence-electron chi connectivity index (χ3n) is 6.22. The van der Waals surface area contributed by atoms with Crippen LogP contribution in [0.1, 0.15) is 22.7 Å². The number of halogens is 1. The molecule has 0 bridgehead atoms. The number of fused-ring (bicyclic) bond motifs is 1. The number of rotatable bonds is 1. The average molecular weight is 411 g/mol. The van der Waals surface area contributed by atoms with Crippen LogP contribution in [0.5, 0.6) is 0 Å². The number of amides is 1. The zero-order valence-corrected chi connectivity index (χ0v) is 16.2. The quantitative estimate of drug-likeness (QED) is 0.752. The molecule has 0 saturated carbocycles. The molecular formula is C22H22FN3O4. The second-order valence-electron chi connectivity index (χ2n) is 8.04. The number of carboxylic acid groups (broad SMARTS) is 1. The van der Waals surface area contributed by atoms with Crippen LogP contribution in [-0.4, -0.2) is 70.0 Å². The second kappa shape index (κ2) is 6.98. The van der Waals surface area contributed by atoms with Gasteiger partial charge in [0.1, 0.15) is 11.9 Å². The first kappa shape index (κ1) is 18.9. The van der Waals surface area contributed by atoms with Crippen molar-refractivity contribution in [2.24, 2.45) is 4.99 Å². The normalized spacial score (nSPS) is 27.7. The summed E-state index contributed by atoms with van der Waals surface area (Å²) in [4.78, 5) is 19.1. The van der Waals surface area contributed by atoms with E-state index >= 15 is 0 Å². The predicted octanol–water partition coefficient (Wildman–Crippen LogP) is 2.25. The van der Waals surface area contributed by atoms with Crippen molar-refractivity contribution in [1.82, 2.24) is 9.80 Å². The molecule has 2 aromatic carbocycles. The number of amidine groups is 1. The molecule has 7 nitrogen and oxygen atoms in total. The summed E-state index contributed by atoms with van der Waals surface area (Å²) < 4.78 is 19.7. The largest absolute Gasteiger partial charge is 0.465 e. The Morgan fingerprint density at radius 3 is 2.70 bits per heavy atom. The zero-order valence-electron chi connectivity index (χ0n) is 16.2. The maximum absolute atomic E-state index is 13.6. The number of likely N-dealkylation sites (tertiary alicyclic amines) is 1. The van der Waals surface area contributed by atoms with Gasteiger partial charge in [-0.25, -0.2) is 14.2 Å². The molecule has 5 rings (SSSR count). The number of hydrogen-bond acceptors (Lipinski definition) is 5. The lowest BCUT2D eigenvalue weighted by atomic mass is 9.88. The highest BCUT2D eigenvalue weighted by Gasteiger charge is 2.54. The molecule has 0 aliphatic carbocycles. The third-order valence-corrected chi connectivity index (χ3v) is 6.22. The van der Waals surface area contributed by atoms with E-state index in [1.54, 1.807) is 12.1 Å². The number of β-amino-alcohol motifs (C(OH)–C–C–N with tert-alkyl or cyclic N) is 1. The van der Waals surface area contributed by atoms with Gasteiger partial charge < -0.3 is 24.7 Å². The molecule has 0 unspecified atom stereocenters. The van der Waals surface area contributed by atoms with E-state index < -0.39 is 17.8 Å². The van der Waals surface area contributed by atoms with E-state index in [1.807, 2.05) is 17.0 Å². The van der Waals surface area contributed by atoms with Gasteiger partial charge in [-0.1, -0.05) is 36.4 Å². The number of aliphatic hydroxyl groups excluding tert-OH is 1. The average Bonchev–Trinajstić information content (AvgIpc) is 3.32. The number of ether oxygens (including phenoxy) is 1. The van der Waals surface area contributed by atoms with Crippen molar-refractivity contribution in [3.63, 3.8) is 0 Å². The van der Waals surface area contributed by atoms with Crippen LogP contribution in [0.4, 0.5) is 9.18 Å². The van der Waals surface area contributed by atoms with Crippen LogP contribution < -0.4 is 0 Å². The van der Waals surface area contributed by atoms with E-state index in [-0.39, 0.29) is 31.5 Å². The van der Waals surface area contributed by atoms with Gasteiger partial charge in [0, 0.05) is 6.54 Å². The molecule has 0 aromatic heterocycles. The smallest absolute Gasteiger partial charge is 0.407 e. The maximum Gasteiger partial charge on any atom is 0.407 e. The zero-order chi connectivity index (χ0) is 20.9. The Kier molecular flexibility index (Phi) is 4.39. The number of aliphatic hydroxyl groups is 1. The van der Waals surface area contributed by atoms with Gasteiger partial charge in [-0.3, -0.25) is 0 Å².